The van der Waals surface area contributed by atoms with Crippen LogP contribution in [0.2, 0.25) is 0 Å². The van der Waals surface area contributed by atoms with Gasteiger partial charge in [0.2, 0.25) is 0 Å². The van der Waals surface area contributed by atoms with E-state index >= 15 is 0 Å². The number of rotatable bonds is 3. The van der Waals surface area contributed by atoms with Gasteiger partial charge in [-0.15, -0.1) is 0 Å². The Bertz CT molecular complexity index is 1230. The van der Waals surface area contributed by atoms with Crippen LogP contribution in [-0.4, -0.2) is 28.7 Å². The molecule has 0 aliphatic carbocycles. The number of hydrogen-bond acceptors (Lipinski definition) is 5. The lowest BCUT2D eigenvalue weighted by atomic mass is 9.87. The van der Waals surface area contributed by atoms with E-state index in [1.54, 1.807) is 29.8 Å². The summed E-state index contributed by atoms with van der Waals surface area (Å²) >= 11 is 0. The van der Waals surface area contributed by atoms with Crippen molar-refractivity contribution in [3.05, 3.63) is 64.1 Å². The Morgan fingerprint density at radius 1 is 1.16 bits per heavy atom. The SMILES string of the molecule is CC1CN(c2cc(=O)n(C)c3ccc(C#N)nc23)CC[C@H]1Oc1ccc(C(C)(C)C)cc1. The summed E-state index contributed by atoms with van der Waals surface area (Å²) < 4.78 is 7.91. The molecule has 1 aliphatic rings. The molecule has 0 radical (unpaired) electrons. The Morgan fingerprint density at radius 2 is 1.88 bits per heavy atom. The van der Waals surface area contributed by atoms with Crippen molar-refractivity contribution >= 4 is 16.7 Å². The molecule has 1 fully saturated rings. The monoisotopic (exact) mass is 430 g/mol. The predicted molar refractivity (Wildman–Crippen MR) is 127 cm³/mol. The van der Waals surface area contributed by atoms with Crippen LogP contribution in [0.1, 0.15) is 45.4 Å². The Kier molecular flexibility index (Phi) is 5.68. The highest BCUT2D eigenvalue weighted by molar-refractivity contribution is 5.88. The number of ether oxygens (including phenoxy) is 1. The van der Waals surface area contributed by atoms with Crippen LogP contribution >= 0.6 is 0 Å². The first-order valence-electron chi connectivity index (χ1n) is 11.1. The van der Waals surface area contributed by atoms with Gasteiger partial charge in [0.1, 0.15) is 29.1 Å². The largest absolute Gasteiger partial charge is 0.490 e. The molecule has 3 heterocycles. The lowest BCUT2D eigenvalue weighted by molar-refractivity contribution is 0.121. The molecule has 32 heavy (non-hydrogen) atoms. The number of nitrogens with zero attached hydrogens (tertiary/aromatic N) is 4. The minimum atomic E-state index is -0.0797. The highest BCUT2D eigenvalue weighted by Crippen LogP contribution is 2.31. The van der Waals surface area contributed by atoms with E-state index < -0.39 is 0 Å². The van der Waals surface area contributed by atoms with Gasteiger partial charge in [-0.2, -0.15) is 5.26 Å². The van der Waals surface area contributed by atoms with Crippen molar-refractivity contribution in [3.63, 3.8) is 0 Å². The number of pyridine rings is 2. The zero-order chi connectivity index (χ0) is 23.0. The topological polar surface area (TPSA) is 71.2 Å². The summed E-state index contributed by atoms with van der Waals surface area (Å²) in [4.78, 5) is 19.3. The standard InChI is InChI=1S/C26H30N4O2/c1-17-16-30(13-12-23(17)32-20-9-6-18(7-10-20)26(2,3)4)22-14-24(31)29(5)21-11-8-19(15-27)28-25(21)22/h6-11,14,17,23H,12-13,16H2,1-5H3/t17?,23-/m1/s1. The second kappa shape index (κ2) is 8.31. The molecule has 4 rings (SSSR count). The number of aromatic nitrogens is 2. The smallest absolute Gasteiger partial charge is 0.252 e. The molecular formula is C26H30N4O2. The maximum absolute atomic E-state index is 12.6. The van der Waals surface area contributed by atoms with Crippen LogP contribution in [-0.2, 0) is 12.5 Å². The quantitative estimate of drug-likeness (QED) is 0.616. The molecule has 1 saturated heterocycles. The Morgan fingerprint density at radius 3 is 2.50 bits per heavy atom. The summed E-state index contributed by atoms with van der Waals surface area (Å²) in [5, 5.41) is 9.29. The van der Waals surface area contributed by atoms with Crippen LogP contribution in [0, 0.1) is 17.2 Å². The maximum atomic E-state index is 12.6. The highest BCUT2D eigenvalue weighted by atomic mass is 16.5. The molecule has 166 valence electrons. The minimum absolute atomic E-state index is 0.0797. The van der Waals surface area contributed by atoms with Crippen LogP contribution in [0.5, 0.6) is 5.75 Å². The van der Waals surface area contributed by atoms with Crippen molar-refractivity contribution in [2.75, 3.05) is 18.0 Å². The molecule has 0 saturated carbocycles. The van der Waals surface area contributed by atoms with E-state index in [2.05, 4.69) is 67.9 Å². The van der Waals surface area contributed by atoms with Crippen LogP contribution in [0.25, 0.3) is 11.0 Å². The van der Waals surface area contributed by atoms with E-state index in [1.165, 1.54) is 5.56 Å². The molecule has 0 spiro atoms. The highest BCUT2D eigenvalue weighted by Gasteiger charge is 2.29. The first-order valence-corrected chi connectivity index (χ1v) is 11.1. The third-order valence-corrected chi connectivity index (χ3v) is 6.36. The third kappa shape index (κ3) is 4.20. The summed E-state index contributed by atoms with van der Waals surface area (Å²) in [6.45, 7) is 10.3. The average molecular weight is 431 g/mol. The van der Waals surface area contributed by atoms with Gasteiger partial charge in [0.25, 0.3) is 5.56 Å². The molecule has 1 aliphatic heterocycles. The molecule has 1 aromatic carbocycles. The molecule has 1 unspecified atom stereocenters. The zero-order valence-corrected chi connectivity index (χ0v) is 19.4. The van der Waals surface area contributed by atoms with Crippen LogP contribution in [0.4, 0.5) is 5.69 Å². The van der Waals surface area contributed by atoms with E-state index in [9.17, 15) is 10.1 Å². The van der Waals surface area contributed by atoms with Crippen molar-refractivity contribution in [2.24, 2.45) is 13.0 Å². The summed E-state index contributed by atoms with van der Waals surface area (Å²) in [5.41, 5.74) is 3.89. The Labute approximate surface area is 189 Å². The number of piperidine rings is 1. The molecule has 0 bridgehead atoms. The van der Waals surface area contributed by atoms with Crippen molar-refractivity contribution in [1.29, 1.82) is 5.26 Å². The number of fused-ring (bicyclic) bond motifs is 1. The molecule has 2 aromatic heterocycles. The van der Waals surface area contributed by atoms with E-state index in [0.29, 0.717) is 11.2 Å². The fraction of sp³-hybridized carbons (Fsp3) is 0.423. The summed E-state index contributed by atoms with van der Waals surface area (Å²) in [6.07, 6.45) is 0.948. The molecular weight excluding hydrogens is 400 g/mol. The molecule has 0 amide bonds. The van der Waals surface area contributed by atoms with Crippen LogP contribution in [0.15, 0.2) is 47.3 Å². The number of aryl methyl sites for hydroxylation is 1. The fourth-order valence-electron chi connectivity index (χ4n) is 4.34. The summed E-state index contributed by atoms with van der Waals surface area (Å²) in [5.74, 6) is 1.16. The lowest BCUT2D eigenvalue weighted by Crippen LogP contribution is -2.45. The van der Waals surface area contributed by atoms with Crippen molar-refractivity contribution in [2.45, 2.75) is 45.6 Å². The number of nitriles is 1. The molecule has 6 nitrogen and oxygen atoms in total. The van der Waals surface area contributed by atoms with Crippen LogP contribution in [0.3, 0.4) is 0 Å². The second-order valence-corrected chi connectivity index (χ2v) is 9.75. The van der Waals surface area contributed by atoms with Gasteiger partial charge < -0.3 is 14.2 Å². The van der Waals surface area contributed by atoms with Crippen molar-refractivity contribution in [3.8, 4) is 11.8 Å². The van der Waals surface area contributed by atoms with Gasteiger partial charge in [0.05, 0.1) is 11.2 Å². The third-order valence-electron chi connectivity index (χ3n) is 6.36. The van der Waals surface area contributed by atoms with Crippen LogP contribution < -0.4 is 15.2 Å². The van der Waals surface area contributed by atoms with E-state index in [4.69, 9.17) is 4.74 Å². The summed E-state index contributed by atoms with van der Waals surface area (Å²) in [7, 11) is 1.73. The van der Waals surface area contributed by atoms with Crippen molar-refractivity contribution < 1.29 is 4.74 Å². The average Bonchev–Trinajstić information content (AvgIpc) is 2.77. The normalized spacial score (nSPS) is 19.1. The first kappa shape index (κ1) is 21.9. The Balaban J connectivity index is 1.55. The molecule has 0 N–H and O–H groups in total. The molecule has 6 heteroatoms. The Hall–Kier alpha value is -3.33. The maximum Gasteiger partial charge on any atom is 0.252 e. The number of anilines is 1. The second-order valence-electron chi connectivity index (χ2n) is 9.75. The van der Waals surface area contributed by atoms with Gasteiger partial charge in [0, 0.05) is 38.5 Å². The first-order chi connectivity index (χ1) is 15.2. The van der Waals surface area contributed by atoms with Gasteiger partial charge >= 0.3 is 0 Å². The lowest BCUT2D eigenvalue weighted by Gasteiger charge is -2.38. The van der Waals surface area contributed by atoms with Gasteiger partial charge in [-0.25, -0.2) is 4.98 Å². The molecule has 2 atom stereocenters. The zero-order valence-electron chi connectivity index (χ0n) is 19.4. The minimum Gasteiger partial charge on any atom is -0.490 e. The van der Waals surface area contributed by atoms with Gasteiger partial charge in [-0.3, -0.25) is 4.79 Å². The number of benzene rings is 1. The van der Waals surface area contributed by atoms with Crippen molar-refractivity contribution in [1.82, 2.24) is 9.55 Å². The summed E-state index contributed by atoms with van der Waals surface area (Å²) in [6, 6.07) is 15.6. The van der Waals surface area contributed by atoms with E-state index in [-0.39, 0.29) is 23.0 Å². The van der Waals surface area contributed by atoms with Gasteiger partial charge in [0.15, 0.2) is 0 Å². The van der Waals surface area contributed by atoms with Gasteiger partial charge in [-0.05, 0) is 35.2 Å². The van der Waals surface area contributed by atoms with E-state index in [0.717, 1.165) is 36.5 Å². The number of hydrogen-bond donors (Lipinski definition) is 0. The van der Waals surface area contributed by atoms with E-state index in [1.807, 2.05) is 0 Å². The molecule has 3 aromatic rings. The predicted octanol–water partition coefficient (Wildman–Crippen LogP) is 4.40. The fourth-order valence-corrected chi connectivity index (χ4v) is 4.34. The van der Waals surface area contributed by atoms with Gasteiger partial charge in [-0.1, -0.05) is 39.8 Å².